The van der Waals surface area contributed by atoms with Crippen LogP contribution in [0.4, 0.5) is 0 Å². The van der Waals surface area contributed by atoms with Gasteiger partial charge in [-0.3, -0.25) is 14.4 Å². The summed E-state index contributed by atoms with van der Waals surface area (Å²) in [6.07, 6.45) is 2.39. The maximum absolute atomic E-state index is 13.1. The molecule has 10 heteroatoms. The monoisotopic (exact) mass is 471 g/mol. The second-order valence-electron chi connectivity index (χ2n) is 9.84. The molecule has 33 heavy (non-hydrogen) atoms. The molecule has 4 unspecified atom stereocenters. The zero-order chi connectivity index (χ0) is 25.7. The summed E-state index contributed by atoms with van der Waals surface area (Å²) in [5.74, 6) is -2.65. The van der Waals surface area contributed by atoms with Gasteiger partial charge in [-0.25, -0.2) is 4.79 Å². The predicted molar refractivity (Wildman–Crippen MR) is 128 cm³/mol. The van der Waals surface area contributed by atoms with Gasteiger partial charge >= 0.3 is 5.97 Å². The third-order valence-electron chi connectivity index (χ3n) is 5.21. The van der Waals surface area contributed by atoms with Gasteiger partial charge in [0.15, 0.2) is 0 Å². The van der Waals surface area contributed by atoms with Crippen LogP contribution in [0.25, 0.3) is 0 Å². The van der Waals surface area contributed by atoms with Crippen LogP contribution in [0.1, 0.15) is 73.6 Å². The first-order valence-corrected chi connectivity index (χ1v) is 11.9. The Labute approximate surface area is 198 Å². The number of hydrogen-bond donors (Lipinski definition) is 6. The Kier molecular flexibility index (Phi) is 14.6. The van der Waals surface area contributed by atoms with Crippen LogP contribution in [0, 0.1) is 17.8 Å². The van der Waals surface area contributed by atoms with E-state index < -0.39 is 47.9 Å². The molecule has 0 aliphatic rings. The lowest BCUT2D eigenvalue weighted by molar-refractivity contribution is -0.143. The fourth-order valence-corrected chi connectivity index (χ4v) is 3.40. The quantitative estimate of drug-likeness (QED) is 0.180. The molecule has 0 aliphatic heterocycles. The molecular weight excluding hydrogens is 426 g/mol. The van der Waals surface area contributed by atoms with Crippen molar-refractivity contribution in [1.82, 2.24) is 16.0 Å². The molecule has 0 fully saturated rings. The summed E-state index contributed by atoms with van der Waals surface area (Å²) in [4.78, 5) is 50.0. The number of amides is 3. The van der Waals surface area contributed by atoms with Crippen molar-refractivity contribution in [2.45, 2.75) is 97.8 Å². The van der Waals surface area contributed by atoms with E-state index in [1.807, 2.05) is 27.7 Å². The minimum Gasteiger partial charge on any atom is -0.480 e. The van der Waals surface area contributed by atoms with Crippen molar-refractivity contribution in [3.8, 4) is 0 Å². The van der Waals surface area contributed by atoms with Crippen LogP contribution in [0.2, 0.25) is 0 Å². The lowest BCUT2D eigenvalue weighted by atomic mass is 9.99. The van der Waals surface area contributed by atoms with Crippen molar-refractivity contribution in [3.63, 3.8) is 0 Å². The Morgan fingerprint density at radius 1 is 0.758 bits per heavy atom. The number of aliphatic carboxylic acids is 1. The first-order valence-electron chi connectivity index (χ1n) is 11.9. The summed E-state index contributed by atoms with van der Waals surface area (Å²) in [6, 6.07) is -3.62. The number of carboxylic acids is 1. The maximum atomic E-state index is 13.1. The molecule has 10 nitrogen and oxygen atoms in total. The van der Waals surface area contributed by atoms with Crippen LogP contribution in [0.5, 0.6) is 0 Å². The third-order valence-corrected chi connectivity index (χ3v) is 5.21. The summed E-state index contributed by atoms with van der Waals surface area (Å²) >= 11 is 0. The van der Waals surface area contributed by atoms with Gasteiger partial charge in [0, 0.05) is 0 Å². The predicted octanol–water partition coefficient (Wildman–Crippen LogP) is 0.730. The largest absolute Gasteiger partial charge is 0.480 e. The molecule has 0 saturated carbocycles. The first kappa shape index (κ1) is 30.8. The van der Waals surface area contributed by atoms with Crippen LogP contribution >= 0.6 is 0 Å². The zero-order valence-corrected chi connectivity index (χ0v) is 21.0. The number of nitrogens with two attached hydrogens (primary N) is 2. The normalized spacial score (nSPS) is 15.1. The Hall–Kier alpha value is -2.20. The van der Waals surface area contributed by atoms with E-state index in [1.165, 1.54) is 0 Å². The molecule has 8 N–H and O–H groups in total. The van der Waals surface area contributed by atoms with E-state index >= 15 is 0 Å². The van der Waals surface area contributed by atoms with Gasteiger partial charge in [0.2, 0.25) is 17.7 Å². The number of unbranched alkanes of at least 4 members (excludes halogenated alkanes) is 1. The highest BCUT2D eigenvalue weighted by Crippen LogP contribution is 2.10. The van der Waals surface area contributed by atoms with Crippen LogP contribution in [-0.4, -0.2) is 59.5 Å². The molecular formula is C23H45N5O5. The highest BCUT2D eigenvalue weighted by Gasteiger charge is 2.31. The number of nitrogens with one attached hydrogen (secondary N) is 3. The highest BCUT2D eigenvalue weighted by atomic mass is 16.4. The van der Waals surface area contributed by atoms with Gasteiger partial charge in [0.1, 0.15) is 18.1 Å². The Bertz CT molecular complexity index is 639. The summed E-state index contributed by atoms with van der Waals surface area (Å²) in [6.45, 7) is 11.6. The van der Waals surface area contributed by atoms with Crippen molar-refractivity contribution >= 4 is 23.7 Å². The molecule has 4 atom stereocenters. The van der Waals surface area contributed by atoms with Crippen molar-refractivity contribution in [2.75, 3.05) is 6.54 Å². The Morgan fingerprint density at radius 2 is 1.27 bits per heavy atom. The molecule has 0 bridgehead atoms. The van der Waals surface area contributed by atoms with Crippen molar-refractivity contribution in [1.29, 1.82) is 0 Å². The number of carbonyl (C=O) groups excluding carboxylic acids is 3. The van der Waals surface area contributed by atoms with E-state index in [1.54, 1.807) is 13.8 Å². The van der Waals surface area contributed by atoms with Crippen LogP contribution < -0.4 is 27.4 Å². The summed E-state index contributed by atoms with van der Waals surface area (Å²) in [7, 11) is 0. The highest BCUT2D eigenvalue weighted by molar-refractivity contribution is 5.94. The van der Waals surface area contributed by atoms with Crippen LogP contribution in [-0.2, 0) is 19.2 Å². The molecule has 0 aromatic heterocycles. The lowest BCUT2D eigenvalue weighted by Crippen LogP contribution is -2.57. The Morgan fingerprint density at radius 3 is 1.73 bits per heavy atom. The number of hydrogen-bond acceptors (Lipinski definition) is 6. The van der Waals surface area contributed by atoms with Gasteiger partial charge in [-0.1, -0.05) is 41.5 Å². The van der Waals surface area contributed by atoms with Gasteiger partial charge in [-0.15, -0.1) is 0 Å². The third kappa shape index (κ3) is 12.6. The van der Waals surface area contributed by atoms with E-state index in [2.05, 4.69) is 16.0 Å². The van der Waals surface area contributed by atoms with E-state index in [9.17, 15) is 24.3 Å². The lowest BCUT2D eigenvalue weighted by Gasteiger charge is -2.27. The molecule has 0 aliphatic carbocycles. The smallest absolute Gasteiger partial charge is 0.326 e. The fourth-order valence-electron chi connectivity index (χ4n) is 3.40. The molecule has 0 aromatic rings. The van der Waals surface area contributed by atoms with Crippen molar-refractivity contribution < 1.29 is 24.3 Å². The van der Waals surface area contributed by atoms with E-state index in [-0.39, 0.29) is 17.8 Å². The van der Waals surface area contributed by atoms with Crippen LogP contribution in [0.15, 0.2) is 0 Å². The van der Waals surface area contributed by atoms with E-state index in [0.717, 1.165) is 0 Å². The van der Waals surface area contributed by atoms with Crippen molar-refractivity contribution in [3.05, 3.63) is 0 Å². The average Bonchev–Trinajstić information content (AvgIpc) is 2.69. The molecule has 192 valence electrons. The van der Waals surface area contributed by atoms with Gasteiger partial charge in [-0.2, -0.15) is 0 Å². The van der Waals surface area contributed by atoms with Gasteiger partial charge in [0.25, 0.3) is 0 Å². The van der Waals surface area contributed by atoms with Crippen LogP contribution in [0.3, 0.4) is 0 Å². The van der Waals surface area contributed by atoms with Gasteiger partial charge in [-0.05, 0) is 56.4 Å². The van der Waals surface area contributed by atoms with E-state index in [4.69, 9.17) is 11.5 Å². The maximum Gasteiger partial charge on any atom is 0.326 e. The SMILES string of the molecule is CC(C)CC(N)C(=O)NC(CC(C)C)C(=O)NC(CCCCN)C(=O)NC(C(=O)O)C(C)C. The minimum atomic E-state index is -1.14. The fraction of sp³-hybridized carbons (Fsp3) is 0.826. The summed E-state index contributed by atoms with van der Waals surface area (Å²) in [5, 5.41) is 17.3. The number of rotatable bonds is 16. The molecule has 0 spiro atoms. The summed E-state index contributed by atoms with van der Waals surface area (Å²) in [5.41, 5.74) is 11.5. The standard InChI is InChI=1S/C23H45N5O5/c1-13(2)11-16(25)20(29)27-18(12-14(3)4)22(31)26-17(9-7-8-10-24)21(30)28-19(15(5)6)23(32)33/h13-19H,7-12,24-25H2,1-6H3,(H,26,31)(H,27,29)(H,28,30)(H,32,33). The average molecular weight is 472 g/mol. The molecule has 0 saturated heterocycles. The second-order valence-corrected chi connectivity index (χ2v) is 9.84. The van der Waals surface area contributed by atoms with E-state index in [0.29, 0.717) is 38.6 Å². The van der Waals surface area contributed by atoms with Gasteiger partial charge < -0.3 is 32.5 Å². The molecule has 0 rings (SSSR count). The summed E-state index contributed by atoms with van der Waals surface area (Å²) < 4.78 is 0. The molecule has 0 radical (unpaired) electrons. The van der Waals surface area contributed by atoms with Crippen molar-refractivity contribution in [2.24, 2.45) is 29.2 Å². The zero-order valence-electron chi connectivity index (χ0n) is 21.0. The number of carbonyl (C=O) groups is 4. The minimum absolute atomic E-state index is 0.101. The molecule has 0 aromatic carbocycles. The van der Waals surface area contributed by atoms with Gasteiger partial charge in [0.05, 0.1) is 6.04 Å². The number of carboxylic acid groups (broad SMARTS) is 1. The second kappa shape index (κ2) is 15.6. The topological polar surface area (TPSA) is 177 Å². The first-order chi connectivity index (χ1) is 15.3. The Balaban J connectivity index is 5.49. The molecule has 3 amide bonds. The molecule has 0 heterocycles.